The Morgan fingerprint density at radius 1 is 1.32 bits per heavy atom. The number of aromatic hydroxyl groups is 1. The van der Waals surface area contributed by atoms with Crippen molar-refractivity contribution < 1.29 is 14.3 Å². The number of hydrogen-bond acceptors (Lipinski definition) is 2. The summed E-state index contributed by atoms with van der Waals surface area (Å²) in [7, 11) is 0. The average Bonchev–Trinajstić information content (AvgIpc) is 2.33. The van der Waals surface area contributed by atoms with Crippen LogP contribution in [0.3, 0.4) is 0 Å². The van der Waals surface area contributed by atoms with E-state index < -0.39 is 11.7 Å². The van der Waals surface area contributed by atoms with Crippen molar-refractivity contribution in [1.29, 1.82) is 0 Å². The maximum Gasteiger partial charge on any atom is 0.262 e. The first-order valence-electron chi connectivity index (χ1n) is 5.54. The number of aryl methyl sites for hydroxylation is 1. The van der Waals surface area contributed by atoms with Gasteiger partial charge in [-0.1, -0.05) is 22.0 Å². The number of benzene rings is 2. The summed E-state index contributed by atoms with van der Waals surface area (Å²) >= 11 is 3.35. The molecule has 2 N–H and O–H groups in total. The summed E-state index contributed by atoms with van der Waals surface area (Å²) in [4.78, 5) is 11.9. The first-order valence-corrected chi connectivity index (χ1v) is 6.33. The summed E-state index contributed by atoms with van der Waals surface area (Å²) in [6.45, 7) is 1.88. The molecule has 3 nitrogen and oxygen atoms in total. The average molecular weight is 324 g/mol. The van der Waals surface area contributed by atoms with Gasteiger partial charge >= 0.3 is 0 Å². The maximum absolute atomic E-state index is 13.5. The Morgan fingerprint density at radius 3 is 2.68 bits per heavy atom. The lowest BCUT2D eigenvalue weighted by atomic mass is 10.1. The van der Waals surface area contributed by atoms with E-state index in [2.05, 4.69) is 21.2 Å². The van der Waals surface area contributed by atoms with E-state index in [4.69, 9.17) is 0 Å². The monoisotopic (exact) mass is 323 g/mol. The van der Waals surface area contributed by atoms with E-state index in [0.717, 1.165) is 16.1 Å². The van der Waals surface area contributed by atoms with Gasteiger partial charge in [-0.25, -0.2) is 4.39 Å². The molecule has 0 aliphatic heterocycles. The highest BCUT2D eigenvalue weighted by atomic mass is 79.9. The highest BCUT2D eigenvalue weighted by Gasteiger charge is 2.16. The van der Waals surface area contributed by atoms with E-state index >= 15 is 0 Å². The van der Waals surface area contributed by atoms with Crippen LogP contribution in [0.25, 0.3) is 0 Å². The van der Waals surface area contributed by atoms with E-state index in [1.165, 1.54) is 12.1 Å². The van der Waals surface area contributed by atoms with Crippen LogP contribution in [0.2, 0.25) is 0 Å². The minimum atomic E-state index is -0.758. The lowest BCUT2D eigenvalue weighted by molar-refractivity contribution is 0.102. The maximum atomic E-state index is 13.5. The highest BCUT2D eigenvalue weighted by Crippen LogP contribution is 2.23. The molecule has 0 aliphatic rings. The molecular formula is C14H11BrFNO2. The van der Waals surface area contributed by atoms with Gasteiger partial charge in [-0.15, -0.1) is 0 Å². The summed E-state index contributed by atoms with van der Waals surface area (Å²) in [6.07, 6.45) is 0. The van der Waals surface area contributed by atoms with Gasteiger partial charge in [-0.3, -0.25) is 4.79 Å². The number of anilines is 1. The number of phenols is 1. The van der Waals surface area contributed by atoms with Crippen LogP contribution in [0.1, 0.15) is 15.9 Å². The van der Waals surface area contributed by atoms with Gasteiger partial charge in [-0.05, 0) is 42.8 Å². The molecule has 0 radical (unpaired) electrons. The molecule has 0 heterocycles. The van der Waals surface area contributed by atoms with Crippen LogP contribution in [-0.2, 0) is 0 Å². The van der Waals surface area contributed by atoms with Crippen LogP contribution in [-0.4, -0.2) is 11.0 Å². The molecule has 0 saturated heterocycles. The molecule has 19 heavy (non-hydrogen) atoms. The summed E-state index contributed by atoms with van der Waals surface area (Å²) < 4.78 is 14.4. The van der Waals surface area contributed by atoms with Crippen molar-refractivity contribution >= 4 is 27.5 Å². The molecule has 5 heteroatoms. The zero-order chi connectivity index (χ0) is 14.0. The minimum absolute atomic E-state index is 0.358. The van der Waals surface area contributed by atoms with E-state index in [-0.39, 0.29) is 11.3 Å². The molecule has 1 amide bonds. The van der Waals surface area contributed by atoms with Crippen molar-refractivity contribution in [3.05, 3.63) is 57.8 Å². The molecule has 0 saturated carbocycles. The van der Waals surface area contributed by atoms with Crippen LogP contribution < -0.4 is 5.32 Å². The Morgan fingerprint density at radius 2 is 2.05 bits per heavy atom. The molecule has 0 spiro atoms. The molecule has 0 unspecified atom stereocenters. The standard InChI is InChI=1S/C14H11BrFNO2/c1-8-7-9(5-6-10(8)15)17-14(19)13-11(16)3-2-4-12(13)18/h2-7,18H,1H3,(H,17,19). The topological polar surface area (TPSA) is 49.3 Å². The number of carbonyl (C=O) groups is 1. The molecule has 98 valence electrons. The van der Waals surface area contributed by atoms with E-state index in [9.17, 15) is 14.3 Å². The Labute approximate surface area is 118 Å². The number of carbonyl (C=O) groups excluding carboxylic acids is 1. The first-order chi connectivity index (χ1) is 8.99. The van der Waals surface area contributed by atoms with Gasteiger partial charge in [0.25, 0.3) is 5.91 Å². The minimum Gasteiger partial charge on any atom is -0.507 e. The Balaban J connectivity index is 2.28. The third kappa shape index (κ3) is 2.93. The number of amides is 1. The second kappa shape index (κ2) is 5.40. The van der Waals surface area contributed by atoms with E-state index in [1.54, 1.807) is 18.2 Å². The Bertz CT molecular complexity index is 623. The van der Waals surface area contributed by atoms with Crippen LogP contribution in [0.15, 0.2) is 40.9 Å². The summed E-state index contributed by atoms with van der Waals surface area (Å²) in [5.74, 6) is -1.82. The summed E-state index contributed by atoms with van der Waals surface area (Å²) in [5, 5.41) is 12.1. The molecule has 2 aromatic rings. The van der Waals surface area contributed by atoms with Gasteiger partial charge < -0.3 is 10.4 Å². The molecule has 0 aromatic heterocycles. The zero-order valence-electron chi connectivity index (χ0n) is 10.1. The highest BCUT2D eigenvalue weighted by molar-refractivity contribution is 9.10. The smallest absolute Gasteiger partial charge is 0.262 e. The molecule has 0 aliphatic carbocycles. The predicted molar refractivity (Wildman–Crippen MR) is 74.9 cm³/mol. The third-order valence-electron chi connectivity index (χ3n) is 2.63. The zero-order valence-corrected chi connectivity index (χ0v) is 11.7. The molecule has 0 fully saturated rings. The van der Waals surface area contributed by atoms with Gasteiger partial charge in [0, 0.05) is 10.2 Å². The molecule has 2 aromatic carbocycles. The van der Waals surface area contributed by atoms with Gasteiger partial charge in [-0.2, -0.15) is 0 Å². The van der Waals surface area contributed by atoms with E-state index in [1.807, 2.05) is 6.92 Å². The second-order valence-electron chi connectivity index (χ2n) is 4.05. The lowest BCUT2D eigenvalue weighted by Crippen LogP contribution is -2.14. The second-order valence-corrected chi connectivity index (χ2v) is 4.91. The van der Waals surface area contributed by atoms with Crippen molar-refractivity contribution in [3.63, 3.8) is 0 Å². The number of hydrogen-bond donors (Lipinski definition) is 2. The first kappa shape index (κ1) is 13.5. The van der Waals surface area contributed by atoms with Crippen LogP contribution >= 0.6 is 15.9 Å². The quantitative estimate of drug-likeness (QED) is 0.881. The lowest BCUT2D eigenvalue weighted by Gasteiger charge is -2.09. The van der Waals surface area contributed by atoms with Crippen molar-refractivity contribution in [1.82, 2.24) is 0 Å². The fourth-order valence-corrected chi connectivity index (χ4v) is 1.90. The molecule has 0 bridgehead atoms. The van der Waals surface area contributed by atoms with Crippen molar-refractivity contribution in [2.45, 2.75) is 6.92 Å². The fourth-order valence-electron chi connectivity index (χ4n) is 1.65. The van der Waals surface area contributed by atoms with Gasteiger partial charge in [0.2, 0.25) is 0 Å². The van der Waals surface area contributed by atoms with Crippen molar-refractivity contribution in [3.8, 4) is 5.75 Å². The number of rotatable bonds is 2. The third-order valence-corrected chi connectivity index (χ3v) is 3.52. The Hall–Kier alpha value is -1.88. The normalized spacial score (nSPS) is 10.3. The van der Waals surface area contributed by atoms with Crippen LogP contribution in [0, 0.1) is 12.7 Å². The van der Waals surface area contributed by atoms with Gasteiger partial charge in [0.1, 0.15) is 17.1 Å². The predicted octanol–water partition coefficient (Wildman–Crippen LogP) is 3.85. The molecule has 0 atom stereocenters. The summed E-state index contributed by atoms with van der Waals surface area (Å²) in [6, 6.07) is 8.95. The van der Waals surface area contributed by atoms with Gasteiger partial charge in [0.05, 0.1) is 0 Å². The summed E-state index contributed by atoms with van der Waals surface area (Å²) in [5.41, 5.74) is 1.12. The number of halogens is 2. The van der Waals surface area contributed by atoms with Gasteiger partial charge in [0.15, 0.2) is 0 Å². The SMILES string of the molecule is Cc1cc(NC(=O)c2c(O)cccc2F)ccc1Br. The number of nitrogens with one attached hydrogen (secondary N) is 1. The van der Waals surface area contributed by atoms with Crippen molar-refractivity contribution in [2.75, 3.05) is 5.32 Å². The largest absolute Gasteiger partial charge is 0.507 e. The number of phenolic OH excluding ortho intramolecular Hbond substituents is 1. The van der Waals surface area contributed by atoms with Crippen LogP contribution in [0.5, 0.6) is 5.75 Å². The van der Waals surface area contributed by atoms with Crippen molar-refractivity contribution in [2.24, 2.45) is 0 Å². The molecular weight excluding hydrogens is 313 g/mol. The Kier molecular flexibility index (Phi) is 3.85. The van der Waals surface area contributed by atoms with Crippen LogP contribution in [0.4, 0.5) is 10.1 Å². The fraction of sp³-hybridized carbons (Fsp3) is 0.0714. The van der Waals surface area contributed by atoms with E-state index in [0.29, 0.717) is 5.69 Å². The molecule has 2 rings (SSSR count).